The van der Waals surface area contributed by atoms with Crippen molar-refractivity contribution in [3.05, 3.63) is 16.6 Å². The lowest BCUT2D eigenvalue weighted by atomic mass is 9.98. The third-order valence-corrected chi connectivity index (χ3v) is 3.58. The van der Waals surface area contributed by atoms with Crippen LogP contribution in [0.25, 0.3) is 0 Å². The Morgan fingerprint density at radius 1 is 1.67 bits per heavy atom. The number of likely N-dealkylation sites (tertiary alicyclic amines) is 1. The van der Waals surface area contributed by atoms with Gasteiger partial charge >= 0.3 is 0 Å². The van der Waals surface area contributed by atoms with Crippen LogP contribution in [0.15, 0.2) is 10.9 Å². The smallest absolute Gasteiger partial charge is 0.0795 e. The molecular formula is C11H19N3S. The van der Waals surface area contributed by atoms with Crippen molar-refractivity contribution < 1.29 is 0 Å². The summed E-state index contributed by atoms with van der Waals surface area (Å²) in [5.74, 6) is 0.822. The van der Waals surface area contributed by atoms with Gasteiger partial charge in [0.15, 0.2) is 0 Å². The number of aromatic nitrogens is 1. The molecule has 1 unspecified atom stereocenters. The molecular weight excluding hydrogens is 206 g/mol. The van der Waals surface area contributed by atoms with Gasteiger partial charge in [-0.15, -0.1) is 11.3 Å². The van der Waals surface area contributed by atoms with Gasteiger partial charge in [0, 0.05) is 18.5 Å². The van der Waals surface area contributed by atoms with E-state index in [1.807, 2.05) is 5.51 Å². The molecule has 0 bridgehead atoms. The Bertz CT molecular complexity index is 273. The van der Waals surface area contributed by atoms with E-state index in [0.717, 1.165) is 19.0 Å². The lowest BCUT2D eigenvalue weighted by Crippen LogP contribution is -2.37. The monoisotopic (exact) mass is 225 g/mol. The van der Waals surface area contributed by atoms with Crippen LogP contribution in [0, 0.1) is 5.92 Å². The third kappa shape index (κ3) is 3.55. The fourth-order valence-corrected chi connectivity index (χ4v) is 2.73. The van der Waals surface area contributed by atoms with E-state index in [-0.39, 0.29) is 0 Å². The maximum Gasteiger partial charge on any atom is 0.0795 e. The predicted octanol–water partition coefficient (Wildman–Crippen LogP) is 1.57. The number of nitrogens with one attached hydrogen (secondary N) is 1. The minimum Gasteiger partial charge on any atom is -0.311 e. The summed E-state index contributed by atoms with van der Waals surface area (Å²) < 4.78 is 0. The van der Waals surface area contributed by atoms with Crippen LogP contribution in [-0.2, 0) is 6.54 Å². The number of nitrogens with zero attached hydrogens (tertiary/aromatic N) is 2. The molecule has 3 nitrogen and oxygen atoms in total. The molecule has 1 atom stereocenters. The Kier molecular flexibility index (Phi) is 4.11. The molecule has 1 aromatic rings. The molecule has 1 N–H and O–H groups in total. The van der Waals surface area contributed by atoms with Gasteiger partial charge in [0.1, 0.15) is 0 Å². The van der Waals surface area contributed by atoms with Gasteiger partial charge in [-0.1, -0.05) is 0 Å². The molecule has 15 heavy (non-hydrogen) atoms. The second kappa shape index (κ2) is 5.58. The summed E-state index contributed by atoms with van der Waals surface area (Å²) in [5, 5.41) is 5.61. The topological polar surface area (TPSA) is 28.2 Å². The molecule has 1 saturated heterocycles. The fraction of sp³-hybridized carbons (Fsp3) is 0.727. The molecule has 1 fully saturated rings. The quantitative estimate of drug-likeness (QED) is 0.843. The summed E-state index contributed by atoms with van der Waals surface area (Å²) in [4.78, 5) is 6.69. The zero-order valence-electron chi connectivity index (χ0n) is 9.28. The molecule has 1 aliphatic rings. The first-order valence-electron chi connectivity index (χ1n) is 5.61. The Morgan fingerprint density at radius 3 is 3.33 bits per heavy atom. The Morgan fingerprint density at radius 2 is 2.60 bits per heavy atom. The van der Waals surface area contributed by atoms with Crippen molar-refractivity contribution in [2.24, 2.45) is 5.92 Å². The molecule has 4 heteroatoms. The molecule has 2 rings (SSSR count). The molecule has 1 aliphatic heterocycles. The van der Waals surface area contributed by atoms with Crippen molar-refractivity contribution in [3.8, 4) is 0 Å². The molecule has 0 radical (unpaired) electrons. The van der Waals surface area contributed by atoms with Crippen LogP contribution in [-0.4, -0.2) is 36.6 Å². The van der Waals surface area contributed by atoms with Crippen molar-refractivity contribution >= 4 is 11.3 Å². The summed E-state index contributed by atoms with van der Waals surface area (Å²) in [6.45, 7) is 4.55. The summed E-state index contributed by atoms with van der Waals surface area (Å²) in [6, 6.07) is 0. The second-order valence-electron chi connectivity index (χ2n) is 4.38. The van der Waals surface area contributed by atoms with Crippen molar-refractivity contribution in [1.82, 2.24) is 15.2 Å². The van der Waals surface area contributed by atoms with Crippen LogP contribution in [0.2, 0.25) is 0 Å². The van der Waals surface area contributed by atoms with Gasteiger partial charge in [-0.25, -0.2) is 4.98 Å². The van der Waals surface area contributed by atoms with Crippen LogP contribution in [0.3, 0.4) is 0 Å². The van der Waals surface area contributed by atoms with E-state index in [2.05, 4.69) is 27.6 Å². The van der Waals surface area contributed by atoms with Gasteiger partial charge in [0.25, 0.3) is 0 Å². The molecule has 0 spiro atoms. The average molecular weight is 225 g/mol. The highest BCUT2D eigenvalue weighted by atomic mass is 32.1. The maximum absolute atomic E-state index is 4.26. The number of thiazole rings is 1. The first-order valence-corrected chi connectivity index (χ1v) is 6.55. The van der Waals surface area contributed by atoms with E-state index in [0.29, 0.717) is 0 Å². The summed E-state index contributed by atoms with van der Waals surface area (Å²) in [6.07, 6.45) is 2.72. The second-order valence-corrected chi connectivity index (χ2v) is 5.10. The van der Waals surface area contributed by atoms with Crippen molar-refractivity contribution in [3.63, 3.8) is 0 Å². The normalized spacial score (nSPS) is 23.1. The van der Waals surface area contributed by atoms with E-state index >= 15 is 0 Å². The lowest BCUT2D eigenvalue weighted by Gasteiger charge is -2.29. The first kappa shape index (κ1) is 11.0. The van der Waals surface area contributed by atoms with E-state index < -0.39 is 0 Å². The van der Waals surface area contributed by atoms with Gasteiger partial charge in [-0.2, -0.15) is 0 Å². The summed E-state index contributed by atoms with van der Waals surface area (Å²) in [5.41, 5.74) is 3.06. The SMILES string of the molecule is CN1CCCC(CNCc2cscn2)C1. The molecule has 0 amide bonds. The zero-order valence-corrected chi connectivity index (χ0v) is 10.1. The largest absolute Gasteiger partial charge is 0.311 e. The molecule has 0 saturated carbocycles. The Hall–Kier alpha value is -0.450. The van der Waals surface area contributed by atoms with Gasteiger partial charge in [-0.05, 0) is 38.9 Å². The van der Waals surface area contributed by atoms with Crippen LogP contribution >= 0.6 is 11.3 Å². The summed E-state index contributed by atoms with van der Waals surface area (Å²) in [7, 11) is 2.21. The van der Waals surface area contributed by atoms with E-state index in [9.17, 15) is 0 Å². The van der Waals surface area contributed by atoms with Crippen LogP contribution < -0.4 is 5.32 Å². The van der Waals surface area contributed by atoms with Gasteiger partial charge in [-0.3, -0.25) is 0 Å². The molecule has 1 aromatic heterocycles. The van der Waals surface area contributed by atoms with Crippen LogP contribution in [0.4, 0.5) is 0 Å². The number of rotatable bonds is 4. The third-order valence-electron chi connectivity index (χ3n) is 2.94. The van der Waals surface area contributed by atoms with Crippen molar-refractivity contribution in [1.29, 1.82) is 0 Å². The van der Waals surface area contributed by atoms with Crippen LogP contribution in [0.1, 0.15) is 18.5 Å². The minimum atomic E-state index is 0.822. The first-order chi connectivity index (χ1) is 7.34. The highest BCUT2D eigenvalue weighted by Crippen LogP contribution is 2.14. The number of hydrogen-bond acceptors (Lipinski definition) is 4. The van der Waals surface area contributed by atoms with Gasteiger partial charge in [0.05, 0.1) is 11.2 Å². The molecule has 84 valence electrons. The lowest BCUT2D eigenvalue weighted by molar-refractivity contribution is 0.206. The van der Waals surface area contributed by atoms with E-state index in [1.165, 1.54) is 31.6 Å². The summed E-state index contributed by atoms with van der Waals surface area (Å²) >= 11 is 1.67. The number of piperidine rings is 1. The highest BCUT2D eigenvalue weighted by Gasteiger charge is 2.16. The maximum atomic E-state index is 4.26. The van der Waals surface area contributed by atoms with Crippen molar-refractivity contribution in [2.75, 3.05) is 26.7 Å². The van der Waals surface area contributed by atoms with Crippen molar-refractivity contribution in [2.45, 2.75) is 19.4 Å². The van der Waals surface area contributed by atoms with E-state index in [1.54, 1.807) is 11.3 Å². The van der Waals surface area contributed by atoms with Gasteiger partial charge in [0.2, 0.25) is 0 Å². The van der Waals surface area contributed by atoms with E-state index in [4.69, 9.17) is 0 Å². The standard InChI is InChI=1S/C11H19N3S/c1-14-4-2-3-10(7-14)5-12-6-11-8-15-9-13-11/h8-10,12H,2-7H2,1H3. The number of hydrogen-bond donors (Lipinski definition) is 1. The Labute approximate surface area is 95.5 Å². The Balaban J connectivity index is 1.65. The van der Waals surface area contributed by atoms with Gasteiger partial charge < -0.3 is 10.2 Å². The van der Waals surface area contributed by atoms with Crippen LogP contribution in [0.5, 0.6) is 0 Å². The zero-order chi connectivity index (χ0) is 10.5. The molecule has 0 aliphatic carbocycles. The fourth-order valence-electron chi connectivity index (χ4n) is 2.17. The highest BCUT2D eigenvalue weighted by molar-refractivity contribution is 7.07. The average Bonchev–Trinajstić information content (AvgIpc) is 2.71. The predicted molar refractivity (Wildman–Crippen MR) is 64.0 cm³/mol. The minimum absolute atomic E-state index is 0.822. The molecule has 0 aromatic carbocycles. The molecule has 2 heterocycles.